The van der Waals surface area contributed by atoms with Gasteiger partial charge < -0.3 is 0 Å². The summed E-state index contributed by atoms with van der Waals surface area (Å²) in [7, 11) is -2.24. The number of sulfonamides is 1. The highest BCUT2D eigenvalue weighted by Gasteiger charge is 2.21. The first-order valence-electron chi connectivity index (χ1n) is 5.38. The van der Waals surface area contributed by atoms with E-state index in [2.05, 4.69) is 9.82 Å². The van der Waals surface area contributed by atoms with E-state index in [1.165, 1.54) is 23.0 Å². The Morgan fingerprint density at radius 3 is 2.40 bits per heavy atom. The van der Waals surface area contributed by atoms with E-state index in [1.54, 1.807) is 14.0 Å². The van der Waals surface area contributed by atoms with E-state index in [9.17, 15) is 8.42 Å². The zero-order valence-corrected chi connectivity index (χ0v) is 13.6. The van der Waals surface area contributed by atoms with Crippen molar-refractivity contribution < 1.29 is 8.42 Å². The summed E-state index contributed by atoms with van der Waals surface area (Å²) in [6, 6.07) is 2.79. The molecular weight excluding hydrogens is 345 g/mol. The lowest BCUT2D eigenvalue weighted by Gasteiger charge is -2.10. The molecule has 1 N–H and O–H groups in total. The molecule has 0 atom stereocenters. The molecule has 0 aliphatic heterocycles. The van der Waals surface area contributed by atoms with Gasteiger partial charge in [0.25, 0.3) is 10.0 Å². The number of hydrogen-bond donors (Lipinski definition) is 1. The Bertz CT molecular complexity index is 771. The van der Waals surface area contributed by atoms with Crippen molar-refractivity contribution in [3.05, 3.63) is 39.1 Å². The number of benzene rings is 1. The monoisotopic (exact) mass is 353 g/mol. The van der Waals surface area contributed by atoms with Crippen molar-refractivity contribution in [2.45, 2.75) is 11.8 Å². The third-order valence-electron chi connectivity index (χ3n) is 2.53. The van der Waals surface area contributed by atoms with Crippen LogP contribution in [0, 0.1) is 6.92 Å². The molecule has 5 nitrogen and oxygen atoms in total. The molecule has 0 radical (unpaired) electrons. The van der Waals surface area contributed by atoms with Crippen LogP contribution in [0.2, 0.25) is 15.2 Å². The molecule has 9 heteroatoms. The molecule has 0 aliphatic carbocycles. The Morgan fingerprint density at radius 1 is 1.20 bits per heavy atom. The lowest BCUT2D eigenvalue weighted by molar-refractivity contribution is 0.601. The van der Waals surface area contributed by atoms with Gasteiger partial charge in [0.15, 0.2) is 5.15 Å². The van der Waals surface area contributed by atoms with Crippen LogP contribution in [0.3, 0.4) is 0 Å². The second-order valence-corrected chi connectivity index (χ2v) is 6.97. The van der Waals surface area contributed by atoms with Crippen LogP contribution >= 0.6 is 34.8 Å². The summed E-state index contributed by atoms with van der Waals surface area (Å²) in [4.78, 5) is -0.0685. The topological polar surface area (TPSA) is 64.0 Å². The highest BCUT2D eigenvalue weighted by molar-refractivity contribution is 7.92. The van der Waals surface area contributed by atoms with Crippen molar-refractivity contribution in [1.29, 1.82) is 0 Å². The molecule has 2 aromatic rings. The first-order valence-corrected chi connectivity index (χ1v) is 8.00. The quantitative estimate of drug-likeness (QED) is 0.917. The number of nitrogens with zero attached hydrogens (tertiary/aromatic N) is 2. The van der Waals surface area contributed by atoms with Crippen LogP contribution in [0.15, 0.2) is 23.2 Å². The molecule has 0 aliphatic rings. The van der Waals surface area contributed by atoms with E-state index in [4.69, 9.17) is 34.8 Å². The van der Waals surface area contributed by atoms with E-state index in [0.717, 1.165) is 0 Å². The molecule has 2 rings (SSSR count). The number of hydrogen-bond acceptors (Lipinski definition) is 3. The number of halogens is 3. The highest BCUT2D eigenvalue weighted by Crippen LogP contribution is 2.30. The van der Waals surface area contributed by atoms with E-state index < -0.39 is 10.0 Å². The minimum Gasteiger partial charge on any atom is -0.275 e. The lowest BCUT2D eigenvalue weighted by atomic mass is 10.2. The summed E-state index contributed by atoms with van der Waals surface area (Å²) < 4.78 is 28.4. The molecule has 20 heavy (non-hydrogen) atoms. The van der Waals surface area contributed by atoms with Crippen LogP contribution in [0.4, 0.5) is 5.69 Å². The van der Waals surface area contributed by atoms with E-state index in [-0.39, 0.29) is 20.8 Å². The number of nitrogens with one attached hydrogen (secondary N) is 1. The van der Waals surface area contributed by atoms with E-state index >= 15 is 0 Å². The van der Waals surface area contributed by atoms with Crippen LogP contribution in [0.1, 0.15) is 5.56 Å². The standard InChI is InChI=1S/C11H10Cl3N3O2S/c1-6-3-10(8(13)4-7(6)12)20(18,19)16-9-5-17(2)15-11(9)14/h3-5,16H,1-2H3. The fourth-order valence-electron chi connectivity index (χ4n) is 1.57. The van der Waals surface area contributed by atoms with Crippen molar-refractivity contribution in [2.75, 3.05) is 4.72 Å². The summed E-state index contributed by atoms with van der Waals surface area (Å²) in [5.41, 5.74) is 0.784. The second-order valence-electron chi connectivity index (χ2n) is 4.14. The smallest absolute Gasteiger partial charge is 0.263 e. The zero-order valence-electron chi connectivity index (χ0n) is 10.5. The molecule has 1 aromatic carbocycles. The number of anilines is 1. The predicted molar refractivity (Wildman–Crippen MR) is 80.2 cm³/mol. The van der Waals surface area contributed by atoms with Crippen molar-refractivity contribution in [3.8, 4) is 0 Å². The Labute approximate surface area is 131 Å². The van der Waals surface area contributed by atoms with E-state index in [0.29, 0.717) is 10.6 Å². The molecule has 0 saturated carbocycles. The van der Waals surface area contributed by atoms with Gasteiger partial charge in [0.2, 0.25) is 0 Å². The molecule has 0 fully saturated rings. The van der Waals surface area contributed by atoms with Gasteiger partial charge in [-0.2, -0.15) is 5.10 Å². The molecule has 0 saturated heterocycles. The zero-order chi connectivity index (χ0) is 15.1. The van der Waals surface area contributed by atoms with Crippen LogP contribution in [0.5, 0.6) is 0 Å². The lowest BCUT2D eigenvalue weighted by Crippen LogP contribution is -2.13. The van der Waals surface area contributed by atoms with Gasteiger partial charge in [-0.3, -0.25) is 9.40 Å². The summed E-state index contributed by atoms with van der Waals surface area (Å²) in [5.74, 6) is 0. The molecule has 108 valence electrons. The summed E-state index contributed by atoms with van der Waals surface area (Å²) >= 11 is 17.7. The Morgan fingerprint density at radius 2 is 1.85 bits per heavy atom. The van der Waals surface area contributed by atoms with Crippen molar-refractivity contribution in [2.24, 2.45) is 7.05 Å². The normalized spacial score (nSPS) is 11.7. The van der Waals surface area contributed by atoms with Gasteiger partial charge in [-0.05, 0) is 24.6 Å². The van der Waals surface area contributed by atoms with Crippen LogP contribution in [-0.2, 0) is 17.1 Å². The average molecular weight is 355 g/mol. The van der Waals surface area contributed by atoms with E-state index in [1.807, 2.05) is 0 Å². The maximum absolute atomic E-state index is 12.3. The molecular formula is C11H10Cl3N3O2S. The minimum atomic E-state index is -3.87. The second kappa shape index (κ2) is 5.44. The minimum absolute atomic E-state index is 0.0353. The first-order chi connectivity index (χ1) is 9.20. The fraction of sp³-hybridized carbons (Fsp3) is 0.182. The number of aromatic nitrogens is 2. The Hall–Kier alpha value is -0.950. The molecule has 0 spiro atoms. The van der Waals surface area contributed by atoms with Crippen molar-refractivity contribution in [3.63, 3.8) is 0 Å². The third kappa shape index (κ3) is 3.03. The van der Waals surface area contributed by atoms with Crippen molar-refractivity contribution in [1.82, 2.24) is 9.78 Å². The Kier molecular flexibility index (Phi) is 4.20. The van der Waals surface area contributed by atoms with Crippen LogP contribution < -0.4 is 4.72 Å². The SMILES string of the molecule is Cc1cc(S(=O)(=O)Nc2cn(C)nc2Cl)c(Cl)cc1Cl. The van der Waals surface area contributed by atoms with Gasteiger partial charge in [-0.1, -0.05) is 34.8 Å². The fourth-order valence-corrected chi connectivity index (χ4v) is 3.72. The molecule has 1 aromatic heterocycles. The number of rotatable bonds is 3. The van der Waals surface area contributed by atoms with Gasteiger partial charge in [0, 0.05) is 12.1 Å². The highest BCUT2D eigenvalue weighted by atomic mass is 35.5. The summed E-state index contributed by atoms with van der Waals surface area (Å²) in [6.07, 6.45) is 1.45. The van der Waals surface area contributed by atoms with Gasteiger partial charge >= 0.3 is 0 Å². The Balaban J connectivity index is 2.46. The van der Waals surface area contributed by atoms with Crippen LogP contribution in [0.25, 0.3) is 0 Å². The van der Waals surface area contributed by atoms with Gasteiger partial charge in [-0.15, -0.1) is 0 Å². The predicted octanol–water partition coefficient (Wildman–Crippen LogP) is 3.49. The number of aryl methyl sites for hydroxylation is 2. The van der Waals surface area contributed by atoms with Crippen molar-refractivity contribution >= 4 is 50.5 Å². The molecule has 0 amide bonds. The van der Waals surface area contributed by atoms with Crippen LogP contribution in [-0.4, -0.2) is 18.2 Å². The molecule has 0 bridgehead atoms. The largest absolute Gasteiger partial charge is 0.275 e. The molecule has 0 unspecified atom stereocenters. The molecule has 1 heterocycles. The van der Waals surface area contributed by atoms with Gasteiger partial charge in [0.05, 0.1) is 11.2 Å². The first kappa shape index (κ1) is 15.4. The average Bonchev–Trinajstić information content (AvgIpc) is 2.61. The third-order valence-corrected chi connectivity index (χ3v) is 5.05. The van der Waals surface area contributed by atoms with Gasteiger partial charge in [0.1, 0.15) is 10.6 Å². The van der Waals surface area contributed by atoms with Gasteiger partial charge in [-0.25, -0.2) is 8.42 Å². The summed E-state index contributed by atoms with van der Waals surface area (Å²) in [5, 5.41) is 4.33. The maximum atomic E-state index is 12.3. The summed E-state index contributed by atoms with van der Waals surface area (Å²) in [6.45, 7) is 1.69. The maximum Gasteiger partial charge on any atom is 0.263 e.